The van der Waals surface area contributed by atoms with E-state index in [4.69, 9.17) is 4.74 Å². The zero-order chi connectivity index (χ0) is 21.2. The standard InChI is InChI=1S/C24H29NO4/c1-16(2)12-13-29-20-10-8-19(9-11-20)15-25-22-17(3)6-5-7-21(22)24(28,23(25)27)14-18(4)26/h5-11,16,28H,12-15H2,1-4H3. The molecule has 1 amide bonds. The van der Waals surface area contributed by atoms with Gasteiger partial charge in [-0.15, -0.1) is 0 Å². The highest BCUT2D eigenvalue weighted by molar-refractivity contribution is 6.09. The maximum Gasteiger partial charge on any atom is 0.264 e. The van der Waals surface area contributed by atoms with Crippen molar-refractivity contribution in [2.24, 2.45) is 5.92 Å². The van der Waals surface area contributed by atoms with E-state index >= 15 is 0 Å². The monoisotopic (exact) mass is 395 g/mol. The van der Waals surface area contributed by atoms with Crippen molar-refractivity contribution in [1.82, 2.24) is 0 Å². The third kappa shape index (κ3) is 4.35. The number of aliphatic hydroxyl groups is 1. The lowest BCUT2D eigenvalue weighted by Gasteiger charge is -2.22. The number of carbonyl (C=O) groups excluding carboxylic acids is 2. The van der Waals surface area contributed by atoms with Crippen molar-refractivity contribution < 1.29 is 19.4 Å². The van der Waals surface area contributed by atoms with Crippen LogP contribution in [-0.4, -0.2) is 23.4 Å². The Morgan fingerprint density at radius 1 is 1.17 bits per heavy atom. The molecule has 1 unspecified atom stereocenters. The maximum absolute atomic E-state index is 13.1. The number of hydrogen-bond donors (Lipinski definition) is 1. The number of hydrogen-bond acceptors (Lipinski definition) is 4. The second-order valence-electron chi connectivity index (χ2n) is 8.28. The lowest BCUT2D eigenvalue weighted by molar-refractivity contribution is -0.141. The lowest BCUT2D eigenvalue weighted by Crippen LogP contribution is -2.41. The summed E-state index contributed by atoms with van der Waals surface area (Å²) in [6.07, 6.45) is 0.774. The molecule has 1 aliphatic heterocycles. The second kappa shape index (κ2) is 8.37. The molecule has 5 heteroatoms. The van der Waals surface area contributed by atoms with Gasteiger partial charge in [-0.3, -0.25) is 9.59 Å². The predicted octanol–water partition coefficient (Wildman–Crippen LogP) is 4.13. The number of Topliss-reactive ketones (excluding diaryl/α,β-unsaturated/α-hetero) is 1. The summed E-state index contributed by atoms with van der Waals surface area (Å²) in [5, 5.41) is 11.1. The third-order valence-corrected chi connectivity index (χ3v) is 5.28. The summed E-state index contributed by atoms with van der Waals surface area (Å²) in [6, 6.07) is 13.1. The molecule has 2 aromatic carbocycles. The van der Waals surface area contributed by atoms with Crippen molar-refractivity contribution in [1.29, 1.82) is 0 Å². The molecule has 0 saturated carbocycles. The Morgan fingerprint density at radius 3 is 2.48 bits per heavy atom. The van der Waals surface area contributed by atoms with Crippen LogP contribution in [0.2, 0.25) is 0 Å². The van der Waals surface area contributed by atoms with Crippen molar-refractivity contribution in [3.8, 4) is 5.75 Å². The quantitative estimate of drug-likeness (QED) is 0.730. The number of amides is 1. The summed E-state index contributed by atoms with van der Waals surface area (Å²) in [6.45, 7) is 8.61. The number of para-hydroxylation sites is 1. The Labute approximate surface area is 172 Å². The van der Waals surface area contributed by atoms with Gasteiger partial charge >= 0.3 is 0 Å². The van der Waals surface area contributed by atoms with Crippen molar-refractivity contribution in [3.63, 3.8) is 0 Å². The average Bonchev–Trinajstić information content (AvgIpc) is 2.85. The first-order valence-corrected chi connectivity index (χ1v) is 10.1. The van der Waals surface area contributed by atoms with Crippen molar-refractivity contribution in [2.75, 3.05) is 11.5 Å². The summed E-state index contributed by atoms with van der Waals surface area (Å²) < 4.78 is 5.76. The van der Waals surface area contributed by atoms with Crippen LogP contribution >= 0.6 is 0 Å². The van der Waals surface area contributed by atoms with E-state index in [-0.39, 0.29) is 12.2 Å². The molecule has 0 bridgehead atoms. The fourth-order valence-electron chi connectivity index (χ4n) is 3.76. The normalized spacial score (nSPS) is 18.3. The minimum absolute atomic E-state index is 0.221. The summed E-state index contributed by atoms with van der Waals surface area (Å²) in [5.41, 5.74) is 1.22. The van der Waals surface area contributed by atoms with Crippen molar-refractivity contribution in [3.05, 3.63) is 59.2 Å². The molecule has 1 atom stereocenters. The highest BCUT2D eigenvalue weighted by Gasteiger charge is 2.50. The van der Waals surface area contributed by atoms with Gasteiger partial charge in [0.15, 0.2) is 5.60 Å². The largest absolute Gasteiger partial charge is 0.494 e. The van der Waals surface area contributed by atoms with Gasteiger partial charge in [0.25, 0.3) is 5.91 Å². The number of anilines is 1. The molecule has 1 heterocycles. The highest BCUT2D eigenvalue weighted by atomic mass is 16.5. The van der Waals surface area contributed by atoms with E-state index in [0.717, 1.165) is 23.3 Å². The minimum atomic E-state index is -1.80. The van der Waals surface area contributed by atoms with E-state index in [2.05, 4.69) is 13.8 Å². The molecule has 0 radical (unpaired) electrons. The molecule has 1 N–H and O–H groups in total. The van der Waals surface area contributed by atoms with Gasteiger partial charge in [-0.1, -0.05) is 44.2 Å². The van der Waals surface area contributed by atoms with E-state index in [9.17, 15) is 14.7 Å². The molecule has 5 nitrogen and oxygen atoms in total. The van der Waals surface area contributed by atoms with E-state index in [1.54, 1.807) is 17.0 Å². The Morgan fingerprint density at radius 2 is 1.86 bits per heavy atom. The zero-order valence-corrected chi connectivity index (χ0v) is 17.6. The molecular formula is C24H29NO4. The van der Waals surface area contributed by atoms with Crippen LogP contribution in [0.4, 0.5) is 5.69 Å². The van der Waals surface area contributed by atoms with Gasteiger partial charge < -0.3 is 14.7 Å². The fourth-order valence-corrected chi connectivity index (χ4v) is 3.76. The molecule has 0 spiro atoms. The molecule has 0 fully saturated rings. The second-order valence-corrected chi connectivity index (χ2v) is 8.28. The molecule has 29 heavy (non-hydrogen) atoms. The molecule has 3 rings (SSSR count). The summed E-state index contributed by atoms with van der Waals surface area (Å²) in [7, 11) is 0. The van der Waals surface area contributed by atoms with Crippen LogP contribution in [0.1, 0.15) is 50.3 Å². The van der Waals surface area contributed by atoms with Gasteiger partial charge in [-0.2, -0.15) is 0 Å². The number of ether oxygens (including phenoxy) is 1. The third-order valence-electron chi connectivity index (χ3n) is 5.28. The Bertz CT molecular complexity index is 904. The van der Waals surface area contributed by atoms with E-state index in [1.165, 1.54) is 6.92 Å². The molecule has 0 aliphatic carbocycles. The van der Waals surface area contributed by atoms with Crippen molar-refractivity contribution >= 4 is 17.4 Å². The summed E-state index contributed by atoms with van der Waals surface area (Å²) >= 11 is 0. The zero-order valence-electron chi connectivity index (χ0n) is 17.6. The fraction of sp³-hybridized carbons (Fsp3) is 0.417. The molecule has 154 valence electrons. The van der Waals surface area contributed by atoms with Crippen molar-refractivity contribution in [2.45, 2.75) is 52.7 Å². The van der Waals surface area contributed by atoms with Crippen LogP contribution < -0.4 is 9.64 Å². The highest BCUT2D eigenvalue weighted by Crippen LogP contribution is 2.44. The van der Waals surface area contributed by atoms with Crippen LogP contribution in [-0.2, 0) is 21.7 Å². The van der Waals surface area contributed by atoms with Gasteiger partial charge in [0, 0.05) is 12.0 Å². The molecule has 0 saturated heterocycles. The Balaban J connectivity index is 1.82. The molecular weight excluding hydrogens is 366 g/mol. The molecule has 0 aromatic heterocycles. The number of nitrogens with zero attached hydrogens (tertiary/aromatic N) is 1. The average molecular weight is 395 g/mol. The SMILES string of the molecule is CC(=O)CC1(O)C(=O)N(Cc2ccc(OCCC(C)C)cc2)c2c(C)cccc21. The van der Waals surface area contributed by atoms with Gasteiger partial charge in [-0.05, 0) is 49.4 Å². The Kier molecular flexibility index (Phi) is 6.08. The number of aryl methyl sites for hydroxylation is 1. The number of rotatable bonds is 8. The van der Waals surface area contributed by atoms with Crippen LogP contribution in [0.5, 0.6) is 5.75 Å². The topological polar surface area (TPSA) is 66.8 Å². The van der Waals surface area contributed by atoms with Gasteiger partial charge in [0.2, 0.25) is 0 Å². The van der Waals surface area contributed by atoms with E-state index in [1.807, 2.05) is 37.3 Å². The van der Waals surface area contributed by atoms with Crippen LogP contribution in [0.25, 0.3) is 0 Å². The summed E-state index contributed by atoms with van der Waals surface area (Å²) in [5.74, 6) is 0.714. The van der Waals surface area contributed by atoms with Gasteiger partial charge in [0.1, 0.15) is 11.5 Å². The number of benzene rings is 2. The number of fused-ring (bicyclic) bond motifs is 1. The molecule has 1 aliphatic rings. The maximum atomic E-state index is 13.1. The first kappa shape index (κ1) is 21.1. The van der Waals surface area contributed by atoms with E-state index < -0.39 is 11.5 Å². The van der Waals surface area contributed by atoms with E-state index in [0.29, 0.717) is 30.3 Å². The smallest absolute Gasteiger partial charge is 0.264 e. The number of ketones is 1. The van der Waals surface area contributed by atoms with Gasteiger partial charge in [-0.25, -0.2) is 0 Å². The van der Waals surface area contributed by atoms with Crippen LogP contribution in [0, 0.1) is 12.8 Å². The van der Waals surface area contributed by atoms with Gasteiger partial charge in [0.05, 0.1) is 18.8 Å². The van der Waals surface area contributed by atoms with Crippen LogP contribution in [0.3, 0.4) is 0 Å². The predicted molar refractivity (Wildman–Crippen MR) is 113 cm³/mol. The Hall–Kier alpha value is -2.66. The first-order chi connectivity index (χ1) is 13.7. The van der Waals surface area contributed by atoms with Crippen LogP contribution in [0.15, 0.2) is 42.5 Å². The lowest BCUT2D eigenvalue weighted by atomic mass is 9.89. The first-order valence-electron chi connectivity index (χ1n) is 10.1. The molecule has 2 aromatic rings. The minimum Gasteiger partial charge on any atom is -0.494 e. The summed E-state index contributed by atoms with van der Waals surface area (Å²) in [4.78, 5) is 26.5. The number of carbonyl (C=O) groups is 2.